The van der Waals surface area contributed by atoms with Crippen molar-refractivity contribution in [1.29, 1.82) is 0 Å². The summed E-state index contributed by atoms with van der Waals surface area (Å²) in [4.78, 5) is 22.2. The van der Waals surface area contributed by atoms with E-state index in [1.165, 1.54) is 23.9 Å². The van der Waals surface area contributed by atoms with Gasteiger partial charge in [-0.3, -0.25) is 14.9 Å². The van der Waals surface area contributed by atoms with Crippen molar-refractivity contribution in [3.8, 4) is 11.5 Å². The fourth-order valence-electron chi connectivity index (χ4n) is 2.44. The number of non-ortho nitro benzene ring substituents is 1. The van der Waals surface area contributed by atoms with Crippen LogP contribution in [0.2, 0.25) is 5.02 Å². The minimum atomic E-state index is -0.500. The number of hydrogen-bond donors (Lipinski definition) is 2. The van der Waals surface area contributed by atoms with Crippen molar-refractivity contribution in [3.05, 3.63) is 63.7 Å². The highest BCUT2D eigenvalue weighted by Gasteiger charge is 2.11. The van der Waals surface area contributed by atoms with Gasteiger partial charge in [-0.15, -0.1) is 10.2 Å². The first-order valence-electron chi connectivity index (χ1n) is 8.99. The van der Waals surface area contributed by atoms with Gasteiger partial charge in [-0.05, 0) is 24.6 Å². The molecule has 1 aromatic heterocycles. The van der Waals surface area contributed by atoms with Crippen molar-refractivity contribution in [2.24, 2.45) is 0 Å². The van der Waals surface area contributed by atoms with Crippen molar-refractivity contribution in [2.75, 3.05) is 24.2 Å². The molecule has 0 aliphatic carbocycles. The summed E-state index contributed by atoms with van der Waals surface area (Å²) >= 11 is 7.19. The Labute approximate surface area is 181 Å². The Morgan fingerprint density at radius 1 is 1.17 bits per heavy atom. The maximum Gasteiger partial charge on any atom is 0.277 e. The highest BCUT2D eigenvalue weighted by atomic mass is 35.5. The number of nitrogens with zero attached hydrogens (tertiary/aromatic N) is 3. The highest BCUT2D eigenvalue weighted by Crippen LogP contribution is 2.26. The molecule has 0 aliphatic rings. The average Bonchev–Trinajstić information content (AvgIpc) is 3.22. The fourth-order valence-corrected chi connectivity index (χ4v) is 3.28. The highest BCUT2D eigenvalue weighted by molar-refractivity contribution is 7.99. The molecule has 156 valence electrons. The number of nitro benzene ring substituents is 1. The molecule has 3 aromatic rings. The van der Waals surface area contributed by atoms with Gasteiger partial charge in [0.05, 0.1) is 21.4 Å². The molecular formula is C19H18ClN5O4S. The molecule has 11 heteroatoms. The van der Waals surface area contributed by atoms with E-state index in [0.29, 0.717) is 36.3 Å². The van der Waals surface area contributed by atoms with Crippen LogP contribution in [-0.2, 0) is 4.79 Å². The summed E-state index contributed by atoms with van der Waals surface area (Å²) in [6.45, 7) is 1.02. The second-order valence-electron chi connectivity index (χ2n) is 6.08. The van der Waals surface area contributed by atoms with E-state index in [-0.39, 0.29) is 22.4 Å². The van der Waals surface area contributed by atoms with E-state index in [1.54, 1.807) is 6.07 Å². The molecule has 1 amide bonds. The largest absolute Gasteiger partial charge is 0.411 e. The zero-order valence-electron chi connectivity index (χ0n) is 15.7. The molecule has 3 rings (SSSR count). The SMILES string of the molecule is O=C(CSc1nnc(-c2ccccc2)o1)NCCCNc1ccc([N+](=O)[O-])cc1Cl. The molecule has 2 aromatic carbocycles. The lowest BCUT2D eigenvalue weighted by atomic mass is 10.2. The molecule has 0 saturated carbocycles. The summed E-state index contributed by atoms with van der Waals surface area (Å²) in [6.07, 6.45) is 0.655. The van der Waals surface area contributed by atoms with E-state index in [2.05, 4.69) is 20.8 Å². The molecule has 0 fully saturated rings. The van der Waals surface area contributed by atoms with Crippen LogP contribution in [0.3, 0.4) is 0 Å². The number of nitrogens with one attached hydrogen (secondary N) is 2. The van der Waals surface area contributed by atoms with Crippen LogP contribution in [0.4, 0.5) is 11.4 Å². The van der Waals surface area contributed by atoms with Crippen LogP contribution in [0.1, 0.15) is 6.42 Å². The molecule has 9 nitrogen and oxygen atoms in total. The minimum absolute atomic E-state index is 0.0625. The van der Waals surface area contributed by atoms with E-state index in [4.69, 9.17) is 16.0 Å². The predicted molar refractivity (Wildman–Crippen MR) is 115 cm³/mol. The van der Waals surface area contributed by atoms with Crippen LogP contribution in [0.25, 0.3) is 11.5 Å². The van der Waals surface area contributed by atoms with Crippen LogP contribution >= 0.6 is 23.4 Å². The van der Waals surface area contributed by atoms with Gasteiger partial charge in [-0.2, -0.15) is 0 Å². The van der Waals surface area contributed by atoms with Crippen molar-refractivity contribution in [3.63, 3.8) is 0 Å². The van der Waals surface area contributed by atoms with Crippen LogP contribution < -0.4 is 10.6 Å². The molecule has 0 radical (unpaired) electrons. The molecule has 0 spiro atoms. The summed E-state index contributed by atoms with van der Waals surface area (Å²) in [5, 5.41) is 25.1. The zero-order chi connectivity index (χ0) is 21.3. The lowest BCUT2D eigenvalue weighted by Crippen LogP contribution is -2.27. The number of aromatic nitrogens is 2. The van der Waals surface area contributed by atoms with Gasteiger partial charge in [0.2, 0.25) is 11.8 Å². The topological polar surface area (TPSA) is 123 Å². The van der Waals surface area contributed by atoms with E-state index in [1.807, 2.05) is 30.3 Å². The quantitative estimate of drug-likeness (QED) is 0.207. The second-order valence-corrected chi connectivity index (χ2v) is 7.41. The predicted octanol–water partition coefficient (Wildman–Crippen LogP) is 4.01. The normalized spacial score (nSPS) is 10.6. The third-order valence-corrected chi connectivity index (χ3v) is 5.04. The van der Waals surface area contributed by atoms with E-state index < -0.39 is 4.92 Å². The summed E-state index contributed by atoms with van der Waals surface area (Å²) < 4.78 is 5.54. The summed E-state index contributed by atoms with van der Waals surface area (Å²) in [5.41, 5.74) is 1.36. The number of nitro groups is 1. The first-order valence-corrected chi connectivity index (χ1v) is 10.4. The van der Waals surface area contributed by atoms with Gasteiger partial charge < -0.3 is 15.1 Å². The first kappa shape index (κ1) is 21.6. The van der Waals surface area contributed by atoms with Gasteiger partial charge >= 0.3 is 0 Å². The smallest absolute Gasteiger partial charge is 0.277 e. The first-order chi connectivity index (χ1) is 14.5. The average molecular weight is 448 g/mol. The molecule has 0 saturated heterocycles. The lowest BCUT2D eigenvalue weighted by Gasteiger charge is -2.08. The van der Waals surface area contributed by atoms with Crippen molar-refractivity contribution < 1.29 is 14.1 Å². The van der Waals surface area contributed by atoms with Gasteiger partial charge in [-0.1, -0.05) is 41.6 Å². The van der Waals surface area contributed by atoms with Gasteiger partial charge in [0.1, 0.15) is 0 Å². The number of carbonyl (C=O) groups excluding carboxylic acids is 1. The van der Waals surface area contributed by atoms with Gasteiger partial charge in [0.25, 0.3) is 10.9 Å². The number of rotatable bonds is 10. The van der Waals surface area contributed by atoms with E-state index >= 15 is 0 Å². The Kier molecular flexibility index (Phi) is 7.63. The third-order valence-electron chi connectivity index (χ3n) is 3.91. The number of halogens is 1. The Morgan fingerprint density at radius 3 is 2.70 bits per heavy atom. The maximum atomic E-state index is 12.0. The number of benzene rings is 2. The number of anilines is 1. The molecule has 30 heavy (non-hydrogen) atoms. The van der Waals surface area contributed by atoms with Gasteiger partial charge in [-0.25, -0.2) is 0 Å². The standard InChI is InChI=1S/C19H18ClN5O4S/c20-15-11-14(25(27)28)7-8-16(15)21-9-4-10-22-17(26)12-30-19-24-23-18(29-19)13-5-2-1-3-6-13/h1-3,5-8,11,21H,4,9-10,12H2,(H,22,26). The Bertz CT molecular complexity index is 1020. The summed E-state index contributed by atoms with van der Waals surface area (Å²) in [5.74, 6) is 0.431. The van der Waals surface area contributed by atoms with E-state index in [9.17, 15) is 14.9 Å². The molecule has 0 aliphatic heterocycles. The molecule has 0 bridgehead atoms. The second kappa shape index (κ2) is 10.6. The number of amides is 1. The summed E-state index contributed by atoms with van der Waals surface area (Å²) in [7, 11) is 0. The zero-order valence-corrected chi connectivity index (χ0v) is 17.3. The van der Waals surface area contributed by atoms with Gasteiger partial charge in [0.15, 0.2) is 0 Å². The fraction of sp³-hybridized carbons (Fsp3) is 0.211. The molecule has 2 N–H and O–H groups in total. The monoisotopic (exact) mass is 447 g/mol. The van der Waals surface area contributed by atoms with Crippen molar-refractivity contribution in [1.82, 2.24) is 15.5 Å². The third kappa shape index (κ3) is 6.19. The maximum absolute atomic E-state index is 12.0. The van der Waals surface area contributed by atoms with Crippen LogP contribution in [0.5, 0.6) is 0 Å². The molecule has 0 unspecified atom stereocenters. The van der Waals surface area contributed by atoms with Crippen molar-refractivity contribution in [2.45, 2.75) is 11.6 Å². The Hall–Kier alpha value is -3.11. The molecule has 1 heterocycles. The molecular weight excluding hydrogens is 430 g/mol. The lowest BCUT2D eigenvalue weighted by molar-refractivity contribution is -0.384. The van der Waals surface area contributed by atoms with Crippen LogP contribution in [0, 0.1) is 10.1 Å². The Balaban J connectivity index is 1.34. The Morgan fingerprint density at radius 2 is 1.97 bits per heavy atom. The minimum Gasteiger partial charge on any atom is -0.411 e. The van der Waals surface area contributed by atoms with Crippen LogP contribution in [0.15, 0.2) is 58.2 Å². The molecule has 0 atom stereocenters. The van der Waals surface area contributed by atoms with Crippen molar-refractivity contribution >= 4 is 40.6 Å². The number of hydrogen-bond acceptors (Lipinski definition) is 8. The number of thioether (sulfide) groups is 1. The summed E-state index contributed by atoms with van der Waals surface area (Å²) in [6, 6.07) is 13.6. The van der Waals surface area contributed by atoms with Gasteiger partial charge in [0, 0.05) is 30.8 Å². The van der Waals surface area contributed by atoms with Crippen LogP contribution in [-0.4, -0.2) is 39.9 Å². The van der Waals surface area contributed by atoms with E-state index in [0.717, 1.165) is 5.56 Å². The number of carbonyl (C=O) groups is 1.